The van der Waals surface area contributed by atoms with E-state index in [4.69, 9.17) is 25.8 Å². The van der Waals surface area contributed by atoms with Crippen LogP contribution in [-0.2, 0) is 9.59 Å². The molecule has 0 aliphatic carbocycles. The first-order chi connectivity index (χ1) is 17.3. The van der Waals surface area contributed by atoms with Crippen LogP contribution in [-0.4, -0.2) is 73.6 Å². The van der Waals surface area contributed by atoms with E-state index in [-0.39, 0.29) is 11.3 Å². The number of Topliss-reactive ketones (excluding diaryl/α,β-unsaturated/α-hetero) is 1. The van der Waals surface area contributed by atoms with Gasteiger partial charge in [-0.1, -0.05) is 31.5 Å². The molecule has 3 rings (SSSR count). The maximum Gasteiger partial charge on any atom is 0.295 e. The number of aliphatic hydroxyl groups is 1. The van der Waals surface area contributed by atoms with E-state index in [1.807, 2.05) is 20.8 Å². The van der Waals surface area contributed by atoms with Crippen LogP contribution in [0.2, 0.25) is 5.02 Å². The van der Waals surface area contributed by atoms with Crippen LogP contribution in [0, 0.1) is 0 Å². The van der Waals surface area contributed by atoms with Crippen molar-refractivity contribution in [1.82, 2.24) is 9.80 Å². The summed E-state index contributed by atoms with van der Waals surface area (Å²) in [4.78, 5) is 30.2. The van der Waals surface area contributed by atoms with E-state index in [9.17, 15) is 14.7 Å². The summed E-state index contributed by atoms with van der Waals surface area (Å²) in [7, 11) is 3.05. The lowest BCUT2D eigenvalue weighted by atomic mass is 9.95. The number of hydrogen-bond donors (Lipinski definition) is 1. The minimum atomic E-state index is -0.814. The van der Waals surface area contributed by atoms with E-state index < -0.39 is 17.7 Å². The minimum absolute atomic E-state index is 0.00741. The smallest absolute Gasteiger partial charge is 0.295 e. The number of nitrogens with zero attached hydrogens (tertiary/aromatic N) is 2. The highest BCUT2D eigenvalue weighted by Crippen LogP contribution is 2.42. The Morgan fingerprint density at radius 1 is 1.00 bits per heavy atom. The van der Waals surface area contributed by atoms with Gasteiger partial charge in [0.15, 0.2) is 11.5 Å². The fourth-order valence-corrected chi connectivity index (χ4v) is 4.58. The molecule has 1 heterocycles. The number of aliphatic hydroxyl groups excluding tert-OH is 1. The fraction of sp³-hybridized carbons (Fsp3) is 0.407. The van der Waals surface area contributed by atoms with Crippen molar-refractivity contribution in [3.05, 3.63) is 58.1 Å². The van der Waals surface area contributed by atoms with E-state index in [2.05, 4.69) is 4.90 Å². The summed E-state index contributed by atoms with van der Waals surface area (Å²) in [6.07, 6.45) is 0. The number of methoxy groups -OCH3 is 2. The van der Waals surface area contributed by atoms with Gasteiger partial charge in [-0.2, -0.15) is 0 Å². The van der Waals surface area contributed by atoms with E-state index >= 15 is 0 Å². The van der Waals surface area contributed by atoms with Crippen molar-refractivity contribution in [3.8, 4) is 17.2 Å². The fourth-order valence-electron chi connectivity index (χ4n) is 4.35. The molecule has 1 N–H and O–H groups in total. The van der Waals surface area contributed by atoms with Crippen LogP contribution in [0.5, 0.6) is 17.2 Å². The number of likely N-dealkylation sites (N-methyl/N-ethyl adjacent to an activating group) is 1. The molecule has 1 amide bonds. The number of carbonyl (C=O) groups excluding carboxylic acids is 2. The number of carbonyl (C=O) groups is 2. The Labute approximate surface area is 217 Å². The van der Waals surface area contributed by atoms with Crippen molar-refractivity contribution in [3.63, 3.8) is 0 Å². The highest BCUT2D eigenvalue weighted by Gasteiger charge is 2.46. The maximum absolute atomic E-state index is 13.3. The average molecular weight is 517 g/mol. The predicted molar refractivity (Wildman–Crippen MR) is 139 cm³/mol. The van der Waals surface area contributed by atoms with Gasteiger partial charge in [0.05, 0.1) is 37.5 Å². The van der Waals surface area contributed by atoms with E-state index in [1.54, 1.807) is 30.3 Å². The summed E-state index contributed by atoms with van der Waals surface area (Å²) in [5.74, 6) is -0.291. The lowest BCUT2D eigenvalue weighted by molar-refractivity contribution is -0.140. The molecule has 0 saturated carbocycles. The van der Waals surface area contributed by atoms with E-state index in [0.29, 0.717) is 53.1 Å². The molecule has 1 atom stereocenters. The molecular weight excluding hydrogens is 484 g/mol. The summed E-state index contributed by atoms with van der Waals surface area (Å²) >= 11 is 6.34. The monoisotopic (exact) mass is 516 g/mol. The number of benzene rings is 2. The Balaban J connectivity index is 2.15. The number of ketones is 1. The SMILES string of the molecule is CCOc1ccc(C(O)=C2C(=O)C(=O)N(CCN(CC)CC)[C@@H]2c2ccc(OC)c(OC)c2)cc1Cl. The van der Waals surface area contributed by atoms with Crippen LogP contribution in [0.15, 0.2) is 42.0 Å². The van der Waals surface area contributed by atoms with Gasteiger partial charge in [0.1, 0.15) is 11.5 Å². The van der Waals surface area contributed by atoms with Gasteiger partial charge in [-0.25, -0.2) is 0 Å². The second-order valence-corrected chi connectivity index (χ2v) is 8.62. The van der Waals surface area contributed by atoms with Crippen LogP contribution in [0.25, 0.3) is 5.76 Å². The molecule has 0 bridgehead atoms. The minimum Gasteiger partial charge on any atom is -0.507 e. The summed E-state index contributed by atoms with van der Waals surface area (Å²) in [6, 6.07) is 9.15. The van der Waals surface area contributed by atoms with Crippen LogP contribution in [0.3, 0.4) is 0 Å². The zero-order chi connectivity index (χ0) is 26.4. The normalized spacial score (nSPS) is 17.1. The molecule has 0 unspecified atom stereocenters. The van der Waals surface area contributed by atoms with Crippen molar-refractivity contribution in [2.45, 2.75) is 26.8 Å². The van der Waals surface area contributed by atoms with Crippen LogP contribution in [0.1, 0.15) is 37.9 Å². The lowest BCUT2D eigenvalue weighted by Crippen LogP contribution is -2.38. The molecule has 2 aromatic carbocycles. The van der Waals surface area contributed by atoms with Gasteiger partial charge in [-0.05, 0) is 55.9 Å². The molecule has 1 saturated heterocycles. The largest absolute Gasteiger partial charge is 0.507 e. The van der Waals surface area contributed by atoms with Crippen LogP contribution < -0.4 is 14.2 Å². The molecule has 194 valence electrons. The molecule has 0 aromatic heterocycles. The van der Waals surface area contributed by atoms with E-state index in [1.165, 1.54) is 25.2 Å². The number of amides is 1. The first-order valence-corrected chi connectivity index (χ1v) is 12.3. The zero-order valence-corrected chi connectivity index (χ0v) is 22.1. The molecule has 1 fully saturated rings. The Morgan fingerprint density at radius 3 is 2.25 bits per heavy atom. The Bertz CT molecular complexity index is 1150. The van der Waals surface area contributed by atoms with Crippen LogP contribution in [0.4, 0.5) is 0 Å². The van der Waals surface area contributed by atoms with Gasteiger partial charge in [-0.15, -0.1) is 0 Å². The standard InChI is InChI=1S/C27H33ClN2O6/c1-6-29(7-2)13-14-30-24(17-9-12-21(34-4)22(16-17)35-5)23(26(32)27(30)33)25(31)18-10-11-20(36-8-3)19(28)15-18/h9-12,15-16,24,31H,6-8,13-14H2,1-5H3/t24-/m1/s1. The zero-order valence-electron chi connectivity index (χ0n) is 21.3. The van der Waals surface area contributed by atoms with Gasteiger partial charge >= 0.3 is 0 Å². The molecule has 2 aromatic rings. The molecule has 0 radical (unpaired) electrons. The molecular formula is C27H33ClN2O6. The lowest BCUT2D eigenvalue weighted by Gasteiger charge is -2.28. The summed E-state index contributed by atoms with van der Waals surface area (Å²) in [5, 5.41) is 11.6. The van der Waals surface area contributed by atoms with Crippen molar-refractivity contribution in [2.24, 2.45) is 0 Å². The quantitative estimate of drug-likeness (QED) is 0.267. The summed E-state index contributed by atoms with van der Waals surface area (Å²) in [6.45, 7) is 8.87. The summed E-state index contributed by atoms with van der Waals surface area (Å²) < 4.78 is 16.3. The third kappa shape index (κ3) is 5.44. The number of likely N-dealkylation sites (tertiary alicyclic amines) is 1. The summed E-state index contributed by atoms with van der Waals surface area (Å²) in [5.41, 5.74) is 0.924. The van der Waals surface area contributed by atoms with Gasteiger partial charge in [-0.3, -0.25) is 9.59 Å². The number of halogens is 1. The molecule has 0 spiro atoms. The van der Waals surface area contributed by atoms with Crippen molar-refractivity contribution >= 4 is 29.1 Å². The number of ether oxygens (including phenoxy) is 3. The van der Waals surface area contributed by atoms with Crippen molar-refractivity contribution in [2.75, 3.05) is 47.0 Å². The van der Waals surface area contributed by atoms with Crippen molar-refractivity contribution < 1.29 is 28.9 Å². The third-order valence-corrected chi connectivity index (χ3v) is 6.62. The highest BCUT2D eigenvalue weighted by atomic mass is 35.5. The molecule has 1 aliphatic rings. The molecule has 36 heavy (non-hydrogen) atoms. The second kappa shape index (κ2) is 12.1. The maximum atomic E-state index is 13.3. The predicted octanol–water partition coefficient (Wildman–Crippen LogP) is 4.52. The first-order valence-electron chi connectivity index (χ1n) is 12.0. The Kier molecular flexibility index (Phi) is 9.23. The van der Waals surface area contributed by atoms with Gasteiger partial charge < -0.3 is 29.1 Å². The van der Waals surface area contributed by atoms with Crippen LogP contribution >= 0.6 is 11.6 Å². The number of rotatable bonds is 11. The third-order valence-electron chi connectivity index (χ3n) is 6.32. The first kappa shape index (κ1) is 27.4. The second-order valence-electron chi connectivity index (χ2n) is 8.21. The van der Waals surface area contributed by atoms with Gasteiger partial charge in [0.25, 0.3) is 11.7 Å². The van der Waals surface area contributed by atoms with Gasteiger partial charge in [0, 0.05) is 18.7 Å². The average Bonchev–Trinajstić information content (AvgIpc) is 3.14. The topological polar surface area (TPSA) is 88.5 Å². The molecule has 9 heteroatoms. The Morgan fingerprint density at radius 2 is 1.67 bits per heavy atom. The molecule has 1 aliphatic heterocycles. The Hall–Kier alpha value is -3.23. The molecule has 8 nitrogen and oxygen atoms in total. The van der Waals surface area contributed by atoms with E-state index in [0.717, 1.165) is 13.1 Å². The highest BCUT2D eigenvalue weighted by molar-refractivity contribution is 6.46. The van der Waals surface area contributed by atoms with Gasteiger partial charge in [0.2, 0.25) is 0 Å². The number of hydrogen-bond acceptors (Lipinski definition) is 7. The van der Waals surface area contributed by atoms with Crippen molar-refractivity contribution in [1.29, 1.82) is 0 Å².